The number of carbonyl (C=O) groups excluding carboxylic acids is 1. The zero-order chi connectivity index (χ0) is 12.4. The molecule has 0 N–H and O–H groups in total. The van der Waals surface area contributed by atoms with Crippen molar-refractivity contribution in [3.8, 4) is 10.6 Å². The van der Waals surface area contributed by atoms with Crippen LogP contribution in [-0.4, -0.2) is 23.0 Å². The first-order chi connectivity index (χ1) is 8.13. The van der Waals surface area contributed by atoms with Crippen molar-refractivity contribution >= 4 is 33.2 Å². The van der Waals surface area contributed by atoms with E-state index in [0.29, 0.717) is 4.88 Å². The van der Waals surface area contributed by atoms with E-state index in [-0.39, 0.29) is 11.4 Å². The van der Waals surface area contributed by atoms with Crippen LogP contribution in [0.3, 0.4) is 0 Å². The second kappa shape index (κ2) is 4.89. The molecule has 0 aliphatic heterocycles. The molecule has 0 atom stereocenters. The number of aromatic nitrogens is 2. The van der Waals surface area contributed by atoms with E-state index >= 15 is 0 Å². The van der Waals surface area contributed by atoms with Crippen LogP contribution in [0.25, 0.3) is 10.6 Å². The summed E-state index contributed by atoms with van der Waals surface area (Å²) in [5.41, 5.74) is -0.266. The zero-order valence-corrected chi connectivity index (χ0v) is 11.0. The van der Waals surface area contributed by atoms with Gasteiger partial charge in [-0.05, 0) is 28.1 Å². The lowest BCUT2D eigenvalue weighted by atomic mass is 10.2. The summed E-state index contributed by atoms with van der Waals surface area (Å²) in [6.07, 6.45) is 1.14. The molecule has 2 aromatic heterocycles. The van der Waals surface area contributed by atoms with E-state index in [1.165, 1.54) is 18.4 Å². The summed E-state index contributed by atoms with van der Waals surface area (Å²) in [6, 6.07) is 3.49. The van der Waals surface area contributed by atoms with Crippen LogP contribution in [0.5, 0.6) is 0 Å². The molecule has 17 heavy (non-hydrogen) atoms. The van der Waals surface area contributed by atoms with E-state index in [9.17, 15) is 9.18 Å². The number of rotatable bonds is 2. The molecule has 7 heteroatoms. The molecule has 0 aliphatic rings. The number of hydrogen-bond acceptors (Lipinski definition) is 5. The maximum Gasteiger partial charge on any atom is 0.359 e. The molecule has 0 saturated heterocycles. The van der Waals surface area contributed by atoms with E-state index in [1.54, 1.807) is 12.1 Å². The van der Waals surface area contributed by atoms with Gasteiger partial charge in [0.25, 0.3) is 0 Å². The highest BCUT2D eigenvalue weighted by molar-refractivity contribution is 9.11. The topological polar surface area (TPSA) is 52.1 Å². The minimum atomic E-state index is -0.818. The number of thiophene rings is 1. The maximum atomic E-state index is 14.0. The van der Waals surface area contributed by atoms with Crippen molar-refractivity contribution in [3.63, 3.8) is 0 Å². The SMILES string of the molecule is COC(=O)c1ncnc(-c2ccc(Br)s2)c1F. The second-order valence-corrected chi connectivity index (χ2v) is 5.44. The quantitative estimate of drug-likeness (QED) is 0.799. The van der Waals surface area contributed by atoms with Gasteiger partial charge in [0, 0.05) is 0 Å². The van der Waals surface area contributed by atoms with Crippen molar-refractivity contribution in [2.75, 3.05) is 7.11 Å². The van der Waals surface area contributed by atoms with E-state index in [1.807, 2.05) is 0 Å². The lowest BCUT2D eigenvalue weighted by Crippen LogP contribution is -2.09. The van der Waals surface area contributed by atoms with Gasteiger partial charge in [-0.25, -0.2) is 19.2 Å². The monoisotopic (exact) mass is 316 g/mol. The number of nitrogens with zero attached hydrogens (tertiary/aromatic N) is 2. The summed E-state index contributed by atoms with van der Waals surface area (Å²) < 4.78 is 19.3. The van der Waals surface area contributed by atoms with Gasteiger partial charge >= 0.3 is 5.97 Å². The molecule has 0 fully saturated rings. The van der Waals surface area contributed by atoms with Crippen molar-refractivity contribution in [3.05, 3.63) is 33.8 Å². The molecule has 4 nitrogen and oxygen atoms in total. The van der Waals surface area contributed by atoms with Crippen LogP contribution in [0.15, 0.2) is 22.2 Å². The van der Waals surface area contributed by atoms with Gasteiger partial charge < -0.3 is 4.74 Å². The molecule has 0 aliphatic carbocycles. The summed E-state index contributed by atoms with van der Waals surface area (Å²) >= 11 is 4.59. The van der Waals surface area contributed by atoms with Gasteiger partial charge in [0.05, 0.1) is 15.8 Å². The number of ether oxygens (including phenoxy) is 1. The Morgan fingerprint density at radius 3 is 2.82 bits per heavy atom. The summed E-state index contributed by atoms with van der Waals surface area (Å²) in [7, 11) is 1.17. The van der Waals surface area contributed by atoms with Crippen LogP contribution < -0.4 is 0 Å². The van der Waals surface area contributed by atoms with Gasteiger partial charge in [-0.1, -0.05) is 0 Å². The molecule has 0 saturated carbocycles. The highest BCUT2D eigenvalue weighted by Gasteiger charge is 2.20. The van der Waals surface area contributed by atoms with Gasteiger partial charge in [-0.3, -0.25) is 0 Å². The fraction of sp³-hybridized carbons (Fsp3) is 0.100. The normalized spacial score (nSPS) is 10.3. The Balaban J connectivity index is 2.53. The standard InChI is InChI=1S/C10H6BrFN2O2S/c1-16-10(15)9-7(12)8(13-4-14-9)5-2-3-6(11)17-5/h2-4H,1H3. The molecule has 0 bridgehead atoms. The van der Waals surface area contributed by atoms with Crippen molar-refractivity contribution in [1.82, 2.24) is 9.97 Å². The molecular weight excluding hydrogens is 311 g/mol. The summed E-state index contributed by atoms with van der Waals surface area (Å²) in [6.45, 7) is 0. The van der Waals surface area contributed by atoms with Crippen molar-refractivity contribution in [2.45, 2.75) is 0 Å². The van der Waals surface area contributed by atoms with E-state index in [2.05, 4.69) is 30.6 Å². The van der Waals surface area contributed by atoms with Crippen LogP contribution in [0.2, 0.25) is 0 Å². The van der Waals surface area contributed by atoms with Crippen LogP contribution in [-0.2, 0) is 4.74 Å². The summed E-state index contributed by atoms with van der Waals surface area (Å²) in [5, 5.41) is 0. The largest absolute Gasteiger partial charge is 0.464 e. The number of methoxy groups -OCH3 is 1. The van der Waals surface area contributed by atoms with Crippen molar-refractivity contribution < 1.29 is 13.9 Å². The molecule has 88 valence electrons. The number of halogens is 2. The Morgan fingerprint density at radius 1 is 1.47 bits per heavy atom. The predicted molar refractivity (Wildman–Crippen MR) is 64.3 cm³/mol. The van der Waals surface area contributed by atoms with Crippen LogP contribution in [0, 0.1) is 5.82 Å². The van der Waals surface area contributed by atoms with E-state index in [4.69, 9.17) is 0 Å². The number of hydrogen-bond donors (Lipinski definition) is 0. The maximum absolute atomic E-state index is 14.0. The molecule has 2 heterocycles. The lowest BCUT2D eigenvalue weighted by molar-refractivity contribution is 0.0588. The van der Waals surface area contributed by atoms with Crippen LogP contribution >= 0.6 is 27.3 Å². The van der Waals surface area contributed by atoms with E-state index < -0.39 is 11.8 Å². The third kappa shape index (κ3) is 2.34. The van der Waals surface area contributed by atoms with Crippen LogP contribution in [0.1, 0.15) is 10.5 Å². The fourth-order valence-electron chi connectivity index (χ4n) is 1.22. The van der Waals surface area contributed by atoms with Gasteiger partial charge in [-0.15, -0.1) is 11.3 Å². The Bertz CT molecular complexity index is 573. The van der Waals surface area contributed by atoms with Crippen molar-refractivity contribution in [1.29, 1.82) is 0 Å². The third-order valence-electron chi connectivity index (χ3n) is 1.97. The minimum Gasteiger partial charge on any atom is -0.464 e. The summed E-state index contributed by atoms with van der Waals surface area (Å²) in [5.74, 6) is -1.59. The predicted octanol–water partition coefficient (Wildman–Crippen LogP) is 2.89. The van der Waals surface area contributed by atoms with Gasteiger partial charge in [0.15, 0.2) is 11.5 Å². The Kier molecular flexibility index (Phi) is 3.49. The molecular formula is C10H6BrFN2O2S. The molecule has 0 aromatic carbocycles. The minimum absolute atomic E-state index is 0.0936. The molecule has 2 aromatic rings. The Morgan fingerprint density at radius 2 is 2.24 bits per heavy atom. The number of esters is 1. The highest BCUT2D eigenvalue weighted by Crippen LogP contribution is 2.31. The zero-order valence-electron chi connectivity index (χ0n) is 8.61. The third-order valence-corrected chi connectivity index (χ3v) is 3.61. The van der Waals surface area contributed by atoms with Gasteiger partial charge in [0.2, 0.25) is 0 Å². The smallest absolute Gasteiger partial charge is 0.359 e. The highest BCUT2D eigenvalue weighted by atomic mass is 79.9. The average molecular weight is 317 g/mol. The first kappa shape index (κ1) is 12.1. The van der Waals surface area contributed by atoms with Crippen LogP contribution in [0.4, 0.5) is 4.39 Å². The molecule has 0 amide bonds. The average Bonchev–Trinajstić information content (AvgIpc) is 2.75. The molecule has 0 radical (unpaired) electrons. The molecule has 2 rings (SSSR count). The fourth-order valence-corrected chi connectivity index (χ4v) is 2.60. The Hall–Kier alpha value is -1.34. The second-order valence-electron chi connectivity index (χ2n) is 2.98. The van der Waals surface area contributed by atoms with Crippen molar-refractivity contribution in [2.24, 2.45) is 0 Å². The number of carbonyl (C=O) groups is 1. The summed E-state index contributed by atoms with van der Waals surface area (Å²) in [4.78, 5) is 19.3. The molecule has 0 unspecified atom stereocenters. The first-order valence-corrected chi connectivity index (χ1v) is 6.09. The van der Waals surface area contributed by atoms with E-state index in [0.717, 1.165) is 10.1 Å². The molecule has 0 spiro atoms. The lowest BCUT2D eigenvalue weighted by Gasteiger charge is -2.02. The first-order valence-electron chi connectivity index (χ1n) is 4.48. The van der Waals surface area contributed by atoms with Gasteiger partial charge in [-0.2, -0.15) is 0 Å². The van der Waals surface area contributed by atoms with Gasteiger partial charge in [0.1, 0.15) is 12.0 Å². The Labute approximate surface area is 109 Å².